The Balaban J connectivity index is 1.87. The molecule has 124 valence electrons. The number of rotatable bonds is 5. The van der Waals surface area contributed by atoms with Crippen molar-refractivity contribution in [3.63, 3.8) is 0 Å². The molecule has 1 saturated heterocycles. The van der Waals surface area contributed by atoms with Gasteiger partial charge in [0.1, 0.15) is 4.88 Å². The number of hydrogen-bond acceptors (Lipinski definition) is 5. The molecule has 0 aliphatic carbocycles. The third-order valence-electron chi connectivity index (χ3n) is 3.89. The third-order valence-corrected chi connectivity index (χ3v) is 6.07. The van der Waals surface area contributed by atoms with Gasteiger partial charge in [-0.3, -0.25) is 4.79 Å². The van der Waals surface area contributed by atoms with Crippen molar-refractivity contribution in [2.24, 2.45) is 11.8 Å². The van der Waals surface area contributed by atoms with E-state index in [1.807, 2.05) is 0 Å². The Kier molecular flexibility index (Phi) is 5.63. The predicted octanol–water partition coefficient (Wildman–Crippen LogP) is 1.86. The summed E-state index contributed by atoms with van der Waals surface area (Å²) in [5.41, 5.74) is 0. The standard InChI is InChI=1S/C15H24N2O3S2/c1-11-8-12(2)10-17(9-11)6-5-16-15(18)14-13(4-7-21-14)22(3,19)20/h4,7,11-12H,5-6,8-10H2,1-3H3,(H,16,18)/t11-,12+. The van der Waals surface area contributed by atoms with Crippen LogP contribution >= 0.6 is 11.3 Å². The average Bonchev–Trinajstić information content (AvgIpc) is 2.86. The van der Waals surface area contributed by atoms with E-state index >= 15 is 0 Å². The molecule has 1 aliphatic rings. The summed E-state index contributed by atoms with van der Waals surface area (Å²) in [6, 6.07) is 1.49. The van der Waals surface area contributed by atoms with Crippen molar-refractivity contribution in [1.29, 1.82) is 0 Å². The number of nitrogens with one attached hydrogen (secondary N) is 1. The summed E-state index contributed by atoms with van der Waals surface area (Å²) in [4.78, 5) is 14.9. The van der Waals surface area contributed by atoms with Crippen molar-refractivity contribution < 1.29 is 13.2 Å². The number of amides is 1. The lowest BCUT2D eigenvalue weighted by molar-refractivity contribution is 0.0937. The second kappa shape index (κ2) is 7.10. The molecule has 1 aromatic rings. The maximum Gasteiger partial charge on any atom is 0.262 e. The average molecular weight is 345 g/mol. The number of sulfone groups is 1. The van der Waals surface area contributed by atoms with Crippen molar-refractivity contribution in [2.45, 2.75) is 25.2 Å². The Morgan fingerprint density at radius 3 is 2.59 bits per heavy atom. The summed E-state index contributed by atoms with van der Waals surface area (Å²) >= 11 is 1.17. The molecular weight excluding hydrogens is 320 g/mol. The van der Waals surface area contributed by atoms with Crippen LogP contribution in [0.2, 0.25) is 0 Å². The van der Waals surface area contributed by atoms with Crippen LogP contribution in [-0.4, -0.2) is 51.7 Å². The molecule has 2 atom stereocenters. The van der Waals surface area contributed by atoms with Crippen molar-refractivity contribution in [3.05, 3.63) is 16.3 Å². The summed E-state index contributed by atoms with van der Waals surface area (Å²) in [7, 11) is -3.36. The van der Waals surface area contributed by atoms with Gasteiger partial charge in [0.05, 0.1) is 4.90 Å². The number of piperidine rings is 1. The van der Waals surface area contributed by atoms with Crippen LogP contribution in [0.5, 0.6) is 0 Å². The van der Waals surface area contributed by atoms with Gasteiger partial charge in [0.15, 0.2) is 9.84 Å². The Morgan fingerprint density at radius 2 is 2.00 bits per heavy atom. The van der Waals surface area contributed by atoms with E-state index in [1.54, 1.807) is 5.38 Å². The third kappa shape index (κ3) is 4.54. The van der Waals surface area contributed by atoms with E-state index in [4.69, 9.17) is 0 Å². The Bertz CT molecular complexity index is 614. The normalized spacial score (nSPS) is 23.4. The van der Waals surface area contributed by atoms with Crippen molar-refractivity contribution in [2.75, 3.05) is 32.4 Å². The molecule has 0 aromatic carbocycles. The Hall–Kier alpha value is -0.920. The second-order valence-corrected chi connectivity index (χ2v) is 9.25. The van der Waals surface area contributed by atoms with Gasteiger partial charge in [-0.1, -0.05) is 13.8 Å². The van der Waals surface area contributed by atoms with E-state index in [9.17, 15) is 13.2 Å². The highest BCUT2D eigenvalue weighted by Crippen LogP contribution is 2.22. The Morgan fingerprint density at radius 1 is 1.36 bits per heavy atom. The minimum Gasteiger partial charge on any atom is -0.350 e. The molecule has 1 amide bonds. The number of carbonyl (C=O) groups excluding carboxylic acids is 1. The van der Waals surface area contributed by atoms with Crippen LogP contribution in [-0.2, 0) is 9.84 Å². The second-order valence-electron chi connectivity index (χ2n) is 6.35. The number of likely N-dealkylation sites (tertiary alicyclic amines) is 1. The van der Waals surface area contributed by atoms with E-state index in [-0.39, 0.29) is 15.7 Å². The van der Waals surface area contributed by atoms with Crippen LogP contribution in [0.25, 0.3) is 0 Å². The highest BCUT2D eigenvalue weighted by atomic mass is 32.2. The molecule has 1 fully saturated rings. The number of nitrogens with zero attached hydrogens (tertiary/aromatic N) is 1. The minimum absolute atomic E-state index is 0.121. The maximum atomic E-state index is 12.2. The highest BCUT2D eigenvalue weighted by Gasteiger charge is 2.22. The van der Waals surface area contributed by atoms with E-state index < -0.39 is 9.84 Å². The summed E-state index contributed by atoms with van der Waals surface area (Å²) in [6.45, 7) is 7.98. The molecule has 2 rings (SSSR count). The van der Waals surface area contributed by atoms with Crippen LogP contribution in [0, 0.1) is 11.8 Å². The van der Waals surface area contributed by atoms with Gasteiger partial charge in [-0.05, 0) is 29.7 Å². The lowest BCUT2D eigenvalue weighted by Gasteiger charge is -2.34. The zero-order valence-corrected chi connectivity index (χ0v) is 15.0. The fourth-order valence-electron chi connectivity index (χ4n) is 3.14. The van der Waals surface area contributed by atoms with Gasteiger partial charge in [-0.2, -0.15) is 0 Å². The summed E-state index contributed by atoms with van der Waals surface area (Å²) in [6.07, 6.45) is 2.39. The fraction of sp³-hybridized carbons (Fsp3) is 0.667. The van der Waals surface area contributed by atoms with Crippen LogP contribution in [0.3, 0.4) is 0 Å². The zero-order valence-electron chi connectivity index (χ0n) is 13.3. The van der Waals surface area contributed by atoms with E-state index in [0.29, 0.717) is 18.4 Å². The number of thiophene rings is 1. The van der Waals surface area contributed by atoms with Crippen LogP contribution in [0.1, 0.15) is 29.9 Å². The van der Waals surface area contributed by atoms with Gasteiger partial charge in [0, 0.05) is 32.4 Å². The molecule has 0 unspecified atom stereocenters. The van der Waals surface area contributed by atoms with Gasteiger partial charge in [0.25, 0.3) is 5.91 Å². The molecule has 0 spiro atoms. The smallest absolute Gasteiger partial charge is 0.262 e. The van der Waals surface area contributed by atoms with Gasteiger partial charge in [-0.25, -0.2) is 8.42 Å². The van der Waals surface area contributed by atoms with Crippen molar-refractivity contribution in [1.82, 2.24) is 10.2 Å². The predicted molar refractivity (Wildman–Crippen MR) is 89.1 cm³/mol. The van der Waals surface area contributed by atoms with E-state index in [2.05, 4.69) is 24.1 Å². The summed E-state index contributed by atoms with van der Waals surface area (Å²) in [5.74, 6) is 1.08. The number of hydrogen-bond donors (Lipinski definition) is 1. The summed E-state index contributed by atoms with van der Waals surface area (Å²) < 4.78 is 23.3. The SMILES string of the molecule is C[C@@H]1C[C@H](C)CN(CCNC(=O)c2sccc2S(C)(=O)=O)C1. The van der Waals surface area contributed by atoms with E-state index in [0.717, 1.165) is 25.9 Å². The van der Waals surface area contributed by atoms with Gasteiger partial charge in [-0.15, -0.1) is 11.3 Å². The van der Waals surface area contributed by atoms with Gasteiger partial charge < -0.3 is 10.2 Å². The zero-order chi connectivity index (χ0) is 16.3. The molecule has 5 nitrogen and oxygen atoms in total. The molecule has 1 N–H and O–H groups in total. The molecular formula is C15H24N2O3S2. The lowest BCUT2D eigenvalue weighted by Crippen LogP contribution is -2.42. The highest BCUT2D eigenvalue weighted by molar-refractivity contribution is 7.91. The molecule has 1 aromatic heterocycles. The van der Waals surface area contributed by atoms with E-state index in [1.165, 1.54) is 23.8 Å². The minimum atomic E-state index is -3.36. The van der Waals surface area contributed by atoms with Gasteiger partial charge >= 0.3 is 0 Å². The first kappa shape index (κ1) is 17.4. The lowest BCUT2D eigenvalue weighted by atomic mass is 9.92. The van der Waals surface area contributed by atoms with Crippen LogP contribution in [0.4, 0.5) is 0 Å². The first-order valence-electron chi connectivity index (χ1n) is 7.55. The summed E-state index contributed by atoms with van der Waals surface area (Å²) in [5, 5.41) is 4.48. The molecule has 0 bridgehead atoms. The topological polar surface area (TPSA) is 66.5 Å². The first-order chi connectivity index (χ1) is 10.3. The quantitative estimate of drug-likeness (QED) is 0.885. The molecule has 7 heteroatoms. The van der Waals surface area contributed by atoms with Crippen LogP contribution in [0.15, 0.2) is 16.3 Å². The molecule has 0 radical (unpaired) electrons. The monoisotopic (exact) mass is 344 g/mol. The molecule has 0 saturated carbocycles. The number of carbonyl (C=O) groups is 1. The Labute approximate surface area is 136 Å². The maximum absolute atomic E-state index is 12.2. The molecule has 2 heterocycles. The fourth-order valence-corrected chi connectivity index (χ4v) is 5.27. The van der Waals surface area contributed by atoms with Crippen molar-refractivity contribution >= 4 is 27.1 Å². The first-order valence-corrected chi connectivity index (χ1v) is 10.3. The molecule has 1 aliphatic heterocycles. The molecule has 22 heavy (non-hydrogen) atoms. The van der Waals surface area contributed by atoms with Gasteiger partial charge in [0.2, 0.25) is 0 Å². The van der Waals surface area contributed by atoms with Crippen LogP contribution < -0.4 is 5.32 Å². The van der Waals surface area contributed by atoms with Crippen molar-refractivity contribution in [3.8, 4) is 0 Å². The largest absolute Gasteiger partial charge is 0.350 e.